The summed E-state index contributed by atoms with van der Waals surface area (Å²) in [5.41, 5.74) is 0.442. The summed E-state index contributed by atoms with van der Waals surface area (Å²) < 4.78 is 4.88. The highest BCUT2D eigenvalue weighted by Crippen LogP contribution is 2.31. The summed E-state index contributed by atoms with van der Waals surface area (Å²) in [5, 5.41) is 0. The zero-order valence-corrected chi connectivity index (χ0v) is 13.0. The summed E-state index contributed by atoms with van der Waals surface area (Å²) in [6.07, 6.45) is 0. The number of amides is 2. The van der Waals surface area contributed by atoms with Gasteiger partial charge in [-0.1, -0.05) is 31.9 Å². The number of carbonyl (C=O) groups is 3. The molecule has 7 heteroatoms. The molecule has 1 aromatic carbocycles. The van der Waals surface area contributed by atoms with Crippen LogP contribution in [-0.2, 0) is 14.4 Å². The van der Waals surface area contributed by atoms with Crippen molar-refractivity contribution >= 4 is 55.3 Å². The van der Waals surface area contributed by atoms with Crippen molar-refractivity contribution in [2.24, 2.45) is 0 Å². The van der Waals surface area contributed by atoms with Crippen molar-refractivity contribution < 1.29 is 19.1 Å². The van der Waals surface area contributed by atoms with E-state index in [1.54, 1.807) is 12.1 Å². The van der Waals surface area contributed by atoms with E-state index in [2.05, 4.69) is 31.9 Å². The number of anilines is 1. The Morgan fingerprint density at radius 2 is 1.58 bits per heavy atom. The lowest BCUT2D eigenvalue weighted by Crippen LogP contribution is -2.31. The summed E-state index contributed by atoms with van der Waals surface area (Å²) >= 11 is 6.33. The minimum Gasteiger partial charge on any atom is -0.427 e. The van der Waals surface area contributed by atoms with Crippen molar-refractivity contribution in [2.75, 3.05) is 4.90 Å². The van der Waals surface area contributed by atoms with Crippen LogP contribution in [0.3, 0.4) is 0 Å². The first-order chi connectivity index (χ1) is 8.91. The van der Waals surface area contributed by atoms with Gasteiger partial charge in [0.2, 0.25) is 11.8 Å². The fraction of sp³-hybridized carbons (Fsp3) is 0.250. The van der Waals surface area contributed by atoms with E-state index in [0.29, 0.717) is 11.4 Å². The van der Waals surface area contributed by atoms with Gasteiger partial charge in [0.25, 0.3) is 0 Å². The van der Waals surface area contributed by atoms with Crippen LogP contribution in [0.25, 0.3) is 0 Å². The van der Waals surface area contributed by atoms with Gasteiger partial charge >= 0.3 is 5.97 Å². The molecular weight excluding hydrogens is 382 g/mol. The van der Waals surface area contributed by atoms with Gasteiger partial charge in [0.15, 0.2) is 0 Å². The molecular formula is C12H9Br2NO4. The van der Waals surface area contributed by atoms with Crippen LogP contribution >= 0.6 is 31.9 Å². The third kappa shape index (κ3) is 2.71. The SMILES string of the molecule is CC(=O)Oc1ccc(N2C(=O)C(Br)C(Br)C2=O)cc1. The van der Waals surface area contributed by atoms with Gasteiger partial charge < -0.3 is 4.74 Å². The van der Waals surface area contributed by atoms with Gasteiger partial charge in [-0.2, -0.15) is 0 Å². The van der Waals surface area contributed by atoms with Gasteiger partial charge in [0.05, 0.1) is 5.69 Å². The standard InChI is InChI=1S/C12H9Br2NO4/c1-6(16)19-8-4-2-7(3-5-8)15-11(17)9(13)10(14)12(15)18/h2-5,9-10H,1H3. The maximum atomic E-state index is 11.9. The van der Waals surface area contributed by atoms with E-state index in [1.165, 1.54) is 19.1 Å². The number of alkyl halides is 2. The number of benzene rings is 1. The Kier molecular flexibility index (Phi) is 4.05. The van der Waals surface area contributed by atoms with Crippen LogP contribution in [0.15, 0.2) is 24.3 Å². The van der Waals surface area contributed by atoms with E-state index in [0.717, 1.165) is 4.90 Å². The van der Waals surface area contributed by atoms with E-state index < -0.39 is 15.6 Å². The van der Waals surface area contributed by atoms with E-state index in [4.69, 9.17) is 4.74 Å². The lowest BCUT2D eigenvalue weighted by molar-refractivity contribution is -0.132. The number of halogens is 2. The van der Waals surface area contributed by atoms with Crippen LogP contribution in [-0.4, -0.2) is 27.4 Å². The Morgan fingerprint density at radius 3 is 2.00 bits per heavy atom. The monoisotopic (exact) mass is 389 g/mol. The fourth-order valence-corrected chi connectivity index (χ4v) is 2.55. The molecule has 0 radical (unpaired) electrons. The third-order valence-corrected chi connectivity index (χ3v) is 5.08. The Balaban J connectivity index is 2.25. The minimum absolute atomic E-state index is 0.327. The molecule has 0 bridgehead atoms. The van der Waals surface area contributed by atoms with Crippen LogP contribution in [0, 0.1) is 0 Å². The summed E-state index contributed by atoms with van der Waals surface area (Å²) in [4.78, 5) is 34.6. The highest BCUT2D eigenvalue weighted by atomic mass is 79.9. The second-order valence-corrected chi connectivity index (χ2v) is 5.88. The lowest BCUT2D eigenvalue weighted by Gasteiger charge is -2.14. The first-order valence-electron chi connectivity index (χ1n) is 5.36. The normalized spacial score (nSPS) is 22.8. The molecule has 2 unspecified atom stereocenters. The molecule has 100 valence electrons. The van der Waals surface area contributed by atoms with Crippen LogP contribution < -0.4 is 9.64 Å². The molecule has 0 N–H and O–H groups in total. The van der Waals surface area contributed by atoms with Crippen molar-refractivity contribution in [3.8, 4) is 5.75 Å². The molecule has 1 aliphatic heterocycles. The highest BCUT2D eigenvalue weighted by molar-refractivity contribution is 9.12. The molecule has 0 saturated carbocycles. The van der Waals surface area contributed by atoms with Crippen molar-refractivity contribution in [3.63, 3.8) is 0 Å². The quantitative estimate of drug-likeness (QED) is 0.335. The maximum absolute atomic E-state index is 11.9. The van der Waals surface area contributed by atoms with Crippen LogP contribution in [0.5, 0.6) is 5.75 Å². The molecule has 1 heterocycles. The molecule has 2 rings (SSSR count). The van der Waals surface area contributed by atoms with Crippen molar-refractivity contribution in [1.29, 1.82) is 0 Å². The van der Waals surface area contributed by atoms with E-state index >= 15 is 0 Å². The molecule has 19 heavy (non-hydrogen) atoms. The number of hydrogen-bond acceptors (Lipinski definition) is 4. The van der Waals surface area contributed by atoms with Gasteiger partial charge in [0, 0.05) is 6.92 Å². The average molecular weight is 391 g/mol. The molecule has 0 aliphatic carbocycles. The highest BCUT2D eigenvalue weighted by Gasteiger charge is 2.45. The Bertz CT molecular complexity index is 523. The predicted octanol–water partition coefficient (Wildman–Crippen LogP) is 2.01. The number of carbonyl (C=O) groups excluding carboxylic acids is 3. The molecule has 0 spiro atoms. The molecule has 1 saturated heterocycles. The number of esters is 1. The first kappa shape index (κ1) is 14.2. The Morgan fingerprint density at radius 1 is 1.11 bits per heavy atom. The molecule has 1 fully saturated rings. The molecule has 1 aliphatic rings. The second-order valence-electron chi connectivity index (χ2n) is 3.90. The van der Waals surface area contributed by atoms with Gasteiger partial charge in [-0.25, -0.2) is 4.90 Å². The fourth-order valence-electron chi connectivity index (χ4n) is 1.69. The third-order valence-electron chi connectivity index (χ3n) is 2.53. The van der Waals surface area contributed by atoms with E-state index in [1.807, 2.05) is 0 Å². The predicted molar refractivity (Wildman–Crippen MR) is 75.7 cm³/mol. The second kappa shape index (κ2) is 5.42. The molecule has 0 aromatic heterocycles. The number of nitrogens with zero attached hydrogens (tertiary/aromatic N) is 1. The molecule has 2 amide bonds. The van der Waals surface area contributed by atoms with Crippen molar-refractivity contribution in [3.05, 3.63) is 24.3 Å². The average Bonchev–Trinajstić information content (AvgIpc) is 2.55. The zero-order chi connectivity index (χ0) is 14.2. The summed E-state index contributed by atoms with van der Waals surface area (Å²) in [6, 6.07) is 6.17. The largest absolute Gasteiger partial charge is 0.427 e. The number of rotatable bonds is 2. The lowest BCUT2D eigenvalue weighted by atomic mass is 10.3. The number of hydrogen-bond donors (Lipinski definition) is 0. The van der Waals surface area contributed by atoms with Crippen LogP contribution in [0.1, 0.15) is 6.92 Å². The van der Waals surface area contributed by atoms with Gasteiger partial charge in [-0.15, -0.1) is 0 Å². The summed E-state index contributed by atoms with van der Waals surface area (Å²) in [5.74, 6) is -0.720. The van der Waals surface area contributed by atoms with Crippen molar-refractivity contribution in [2.45, 2.75) is 16.6 Å². The molecule has 1 aromatic rings. The first-order valence-corrected chi connectivity index (χ1v) is 7.19. The smallest absolute Gasteiger partial charge is 0.308 e. The van der Waals surface area contributed by atoms with Crippen LogP contribution in [0.2, 0.25) is 0 Å². The molecule has 2 atom stereocenters. The number of ether oxygens (including phenoxy) is 1. The minimum atomic E-state index is -0.576. The Labute approximate surface area is 126 Å². The summed E-state index contributed by atoms with van der Waals surface area (Å²) in [7, 11) is 0. The van der Waals surface area contributed by atoms with Gasteiger partial charge in [0.1, 0.15) is 15.4 Å². The topological polar surface area (TPSA) is 63.7 Å². The zero-order valence-electron chi connectivity index (χ0n) is 9.80. The number of imide groups is 1. The van der Waals surface area contributed by atoms with Crippen molar-refractivity contribution in [1.82, 2.24) is 0 Å². The summed E-state index contributed by atoms with van der Waals surface area (Å²) in [6.45, 7) is 1.30. The van der Waals surface area contributed by atoms with E-state index in [-0.39, 0.29) is 11.8 Å². The van der Waals surface area contributed by atoms with E-state index in [9.17, 15) is 14.4 Å². The maximum Gasteiger partial charge on any atom is 0.308 e. The Hall–Kier alpha value is -1.21. The van der Waals surface area contributed by atoms with Gasteiger partial charge in [-0.3, -0.25) is 14.4 Å². The van der Waals surface area contributed by atoms with Crippen LogP contribution in [0.4, 0.5) is 5.69 Å². The van der Waals surface area contributed by atoms with Gasteiger partial charge in [-0.05, 0) is 24.3 Å². The molecule has 5 nitrogen and oxygen atoms in total.